The van der Waals surface area contributed by atoms with E-state index in [-0.39, 0.29) is 24.5 Å². The van der Waals surface area contributed by atoms with Gasteiger partial charge in [0.15, 0.2) is 5.82 Å². The molecule has 2 heterocycles. The van der Waals surface area contributed by atoms with Crippen molar-refractivity contribution in [3.8, 4) is 11.6 Å². The van der Waals surface area contributed by atoms with Crippen molar-refractivity contribution >= 4 is 17.8 Å². The van der Waals surface area contributed by atoms with Gasteiger partial charge in [-0.2, -0.15) is 5.10 Å². The molecule has 2 aromatic heterocycles. The van der Waals surface area contributed by atoms with Crippen molar-refractivity contribution in [2.24, 2.45) is 5.92 Å². The maximum Gasteiger partial charge on any atom is 0.407 e. The number of carbonyl (C=O) groups is 2. The van der Waals surface area contributed by atoms with Gasteiger partial charge in [-0.1, -0.05) is 0 Å². The minimum atomic E-state index is -0.376. The first-order chi connectivity index (χ1) is 15.4. The lowest BCUT2D eigenvalue weighted by atomic mass is 10.0. The molecule has 3 rings (SSSR count). The van der Waals surface area contributed by atoms with Crippen molar-refractivity contribution in [3.63, 3.8) is 0 Å². The van der Waals surface area contributed by atoms with Crippen molar-refractivity contribution in [2.75, 3.05) is 26.1 Å². The molecule has 1 unspecified atom stereocenters. The van der Waals surface area contributed by atoms with Crippen LogP contribution in [0.5, 0.6) is 11.6 Å². The molecule has 10 nitrogen and oxygen atoms in total. The lowest BCUT2D eigenvalue weighted by Crippen LogP contribution is -2.31. The monoisotopic (exact) mass is 445 g/mol. The summed E-state index contributed by atoms with van der Waals surface area (Å²) in [6.45, 7) is 4.20. The smallest absolute Gasteiger partial charge is 0.407 e. The SMILES string of the molecule is COc1cc(CC(=O)Nc2cc([C@H]3CCC(COC(=O)NC(C)C)C3)[nH]n2)c(OC)cn1. The fraction of sp³-hybridized carbons (Fsp3) is 0.545. The van der Waals surface area contributed by atoms with E-state index in [1.165, 1.54) is 20.4 Å². The molecule has 0 aromatic carbocycles. The van der Waals surface area contributed by atoms with Gasteiger partial charge in [0.2, 0.25) is 11.8 Å². The van der Waals surface area contributed by atoms with Gasteiger partial charge in [0.25, 0.3) is 0 Å². The number of anilines is 1. The number of alkyl carbamates (subject to hydrolysis) is 1. The number of carbonyl (C=O) groups excluding carboxylic acids is 2. The van der Waals surface area contributed by atoms with Crippen molar-refractivity contribution in [2.45, 2.75) is 51.5 Å². The molecule has 174 valence electrons. The second kappa shape index (κ2) is 10.8. The summed E-state index contributed by atoms with van der Waals surface area (Å²) >= 11 is 0. The number of nitrogens with zero attached hydrogens (tertiary/aromatic N) is 2. The van der Waals surface area contributed by atoms with Crippen LogP contribution in [0.2, 0.25) is 0 Å². The van der Waals surface area contributed by atoms with E-state index in [1.54, 1.807) is 6.07 Å². The van der Waals surface area contributed by atoms with Gasteiger partial charge < -0.3 is 24.8 Å². The van der Waals surface area contributed by atoms with Crippen LogP contribution in [0.25, 0.3) is 0 Å². The number of hydrogen-bond donors (Lipinski definition) is 3. The van der Waals surface area contributed by atoms with Crippen molar-refractivity contribution < 1.29 is 23.8 Å². The highest BCUT2D eigenvalue weighted by Gasteiger charge is 2.28. The van der Waals surface area contributed by atoms with Crippen LogP contribution in [-0.2, 0) is 16.0 Å². The number of nitrogens with one attached hydrogen (secondary N) is 3. The number of hydrogen-bond acceptors (Lipinski definition) is 7. The van der Waals surface area contributed by atoms with Gasteiger partial charge in [-0.05, 0) is 39.0 Å². The summed E-state index contributed by atoms with van der Waals surface area (Å²) < 4.78 is 15.7. The van der Waals surface area contributed by atoms with Crippen LogP contribution in [0.4, 0.5) is 10.6 Å². The molecule has 0 aliphatic heterocycles. The van der Waals surface area contributed by atoms with Crippen LogP contribution < -0.4 is 20.1 Å². The molecule has 1 aliphatic carbocycles. The van der Waals surface area contributed by atoms with Gasteiger partial charge >= 0.3 is 6.09 Å². The Labute approximate surface area is 187 Å². The minimum Gasteiger partial charge on any atom is -0.495 e. The van der Waals surface area contributed by atoms with E-state index in [0.29, 0.717) is 41.5 Å². The van der Waals surface area contributed by atoms with Gasteiger partial charge in [0, 0.05) is 35.3 Å². The molecule has 2 atom stereocenters. The second-order valence-corrected chi connectivity index (χ2v) is 8.25. The van der Waals surface area contributed by atoms with Crippen molar-refractivity contribution in [1.29, 1.82) is 0 Å². The zero-order valence-electron chi connectivity index (χ0n) is 18.9. The molecule has 2 aromatic rings. The minimum absolute atomic E-state index is 0.0547. The van der Waals surface area contributed by atoms with Gasteiger partial charge in [-0.25, -0.2) is 9.78 Å². The number of methoxy groups -OCH3 is 2. The molecule has 32 heavy (non-hydrogen) atoms. The molecule has 2 amide bonds. The Morgan fingerprint density at radius 1 is 1.22 bits per heavy atom. The van der Waals surface area contributed by atoms with E-state index in [9.17, 15) is 9.59 Å². The third-order valence-corrected chi connectivity index (χ3v) is 5.41. The number of H-pyrrole nitrogens is 1. The predicted octanol–water partition coefficient (Wildman–Crippen LogP) is 3.02. The van der Waals surface area contributed by atoms with Crippen LogP contribution in [0.1, 0.15) is 50.3 Å². The summed E-state index contributed by atoms with van der Waals surface area (Å²) in [5.74, 6) is 1.79. The fourth-order valence-electron chi connectivity index (χ4n) is 3.85. The van der Waals surface area contributed by atoms with Crippen molar-refractivity contribution in [3.05, 3.63) is 29.6 Å². The molecule has 1 saturated carbocycles. The summed E-state index contributed by atoms with van der Waals surface area (Å²) in [6.07, 6.45) is 4.11. The van der Waals surface area contributed by atoms with Crippen LogP contribution >= 0.6 is 0 Å². The first-order valence-corrected chi connectivity index (χ1v) is 10.7. The summed E-state index contributed by atoms with van der Waals surface area (Å²) in [6, 6.07) is 3.59. The Morgan fingerprint density at radius 3 is 2.75 bits per heavy atom. The van der Waals surface area contributed by atoms with Gasteiger partial charge in [0.05, 0.1) is 33.4 Å². The maximum absolute atomic E-state index is 12.5. The molecule has 0 saturated heterocycles. The zero-order chi connectivity index (χ0) is 23.1. The van der Waals surface area contributed by atoms with E-state index in [1.807, 2.05) is 19.9 Å². The molecule has 1 aliphatic rings. The Bertz CT molecular complexity index is 929. The third-order valence-electron chi connectivity index (χ3n) is 5.41. The summed E-state index contributed by atoms with van der Waals surface area (Å²) in [5, 5.41) is 12.8. The average molecular weight is 446 g/mol. The molecular weight excluding hydrogens is 414 g/mol. The Hall–Kier alpha value is -3.30. The highest BCUT2D eigenvalue weighted by Crippen LogP contribution is 2.38. The topological polar surface area (TPSA) is 127 Å². The quantitative estimate of drug-likeness (QED) is 0.541. The number of rotatable bonds is 9. The Balaban J connectivity index is 1.51. The van der Waals surface area contributed by atoms with E-state index >= 15 is 0 Å². The molecular formula is C22H31N5O5. The second-order valence-electron chi connectivity index (χ2n) is 8.25. The normalized spacial score (nSPS) is 17.8. The van der Waals surface area contributed by atoms with Crippen LogP contribution in [0, 0.1) is 5.92 Å². The number of aromatic amines is 1. The summed E-state index contributed by atoms with van der Waals surface area (Å²) in [7, 11) is 3.05. The Morgan fingerprint density at radius 2 is 2.03 bits per heavy atom. The highest BCUT2D eigenvalue weighted by molar-refractivity contribution is 5.91. The molecule has 3 N–H and O–H groups in total. The zero-order valence-corrected chi connectivity index (χ0v) is 18.9. The van der Waals surface area contributed by atoms with E-state index in [0.717, 1.165) is 25.0 Å². The largest absolute Gasteiger partial charge is 0.495 e. The van der Waals surface area contributed by atoms with Crippen LogP contribution in [0.3, 0.4) is 0 Å². The number of amides is 2. The van der Waals surface area contributed by atoms with Crippen LogP contribution in [-0.4, -0.2) is 54.1 Å². The predicted molar refractivity (Wildman–Crippen MR) is 118 cm³/mol. The molecule has 1 fully saturated rings. The first-order valence-electron chi connectivity index (χ1n) is 10.7. The van der Waals surface area contributed by atoms with E-state index < -0.39 is 0 Å². The summed E-state index contributed by atoms with van der Waals surface area (Å²) in [5.41, 5.74) is 1.64. The lowest BCUT2D eigenvalue weighted by molar-refractivity contribution is -0.115. The number of aromatic nitrogens is 3. The number of ether oxygens (including phenoxy) is 3. The Kier molecular flexibility index (Phi) is 7.91. The number of pyridine rings is 1. The van der Waals surface area contributed by atoms with Gasteiger partial charge in [-0.15, -0.1) is 0 Å². The third kappa shape index (κ3) is 6.35. The van der Waals surface area contributed by atoms with E-state index in [4.69, 9.17) is 14.2 Å². The highest BCUT2D eigenvalue weighted by atomic mass is 16.5. The molecule has 10 heteroatoms. The lowest BCUT2D eigenvalue weighted by Gasteiger charge is -2.13. The molecule has 0 spiro atoms. The first kappa shape index (κ1) is 23.4. The average Bonchev–Trinajstić information content (AvgIpc) is 3.41. The van der Waals surface area contributed by atoms with E-state index in [2.05, 4.69) is 25.8 Å². The van der Waals surface area contributed by atoms with Crippen LogP contribution in [0.15, 0.2) is 18.3 Å². The van der Waals surface area contributed by atoms with Gasteiger partial charge in [-0.3, -0.25) is 9.89 Å². The van der Waals surface area contributed by atoms with Crippen molar-refractivity contribution in [1.82, 2.24) is 20.5 Å². The molecule has 0 radical (unpaired) electrons. The maximum atomic E-state index is 12.5. The summed E-state index contributed by atoms with van der Waals surface area (Å²) in [4.78, 5) is 28.3. The molecule has 0 bridgehead atoms. The van der Waals surface area contributed by atoms with Gasteiger partial charge in [0.1, 0.15) is 5.75 Å². The fourth-order valence-corrected chi connectivity index (χ4v) is 3.85. The standard InChI is InChI=1S/C22H31N5O5/c1-13(2)24-22(29)32-12-14-5-6-15(7-14)17-10-19(27-26-17)25-20(28)8-16-9-21(31-4)23-11-18(16)30-3/h9-11,13-15H,5-8,12H2,1-4H3,(H,24,29)(H2,25,26,27,28)/t14?,15-/m0/s1.